The number of benzene rings is 2. The summed E-state index contributed by atoms with van der Waals surface area (Å²) in [6, 6.07) is 13.8. The summed E-state index contributed by atoms with van der Waals surface area (Å²) in [7, 11) is 2.15. The van der Waals surface area contributed by atoms with Gasteiger partial charge in [-0.25, -0.2) is 5.01 Å². The minimum Gasteiger partial charge on any atom is -0.507 e. The molecule has 1 spiro atoms. The minimum absolute atomic E-state index is 0.129. The van der Waals surface area contributed by atoms with E-state index in [0.29, 0.717) is 0 Å². The van der Waals surface area contributed by atoms with Gasteiger partial charge in [0.2, 0.25) is 5.72 Å². The van der Waals surface area contributed by atoms with Crippen molar-refractivity contribution in [1.29, 1.82) is 0 Å². The number of phenols is 1. The van der Waals surface area contributed by atoms with Gasteiger partial charge in [0.25, 0.3) is 0 Å². The fourth-order valence-corrected chi connectivity index (χ4v) is 4.81. The molecular weight excluding hydrogens is 406 g/mol. The number of rotatable bonds is 1. The highest BCUT2D eigenvalue weighted by Crippen LogP contribution is 2.50. The lowest BCUT2D eigenvalue weighted by atomic mass is 9.91. The monoisotopic (exact) mass is 427 g/mol. The Kier molecular flexibility index (Phi) is 3.95. The average Bonchev–Trinajstić information content (AvgIpc) is 3.12. The highest BCUT2D eigenvalue weighted by atomic mass is 79.9. The second-order valence-electron chi connectivity index (χ2n) is 7.66. The number of nitrogens with zero attached hydrogens (tertiary/aromatic N) is 3. The van der Waals surface area contributed by atoms with Crippen LogP contribution in [0, 0.1) is 0 Å². The number of hydrogen-bond acceptors (Lipinski definition) is 5. The molecule has 0 aromatic heterocycles. The third-order valence-corrected chi connectivity index (χ3v) is 6.44. The van der Waals surface area contributed by atoms with Gasteiger partial charge in [0.1, 0.15) is 11.5 Å². The van der Waals surface area contributed by atoms with Crippen LogP contribution in [0.25, 0.3) is 0 Å². The van der Waals surface area contributed by atoms with Crippen molar-refractivity contribution in [2.24, 2.45) is 5.10 Å². The maximum atomic E-state index is 10.3. The maximum Gasteiger partial charge on any atom is 0.200 e. The Hall–Kier alpha value is -2.05. The van der Waals surface area contributed by atoms with E-state index in [1.807, 2.05) is 24.3 Å². The summed E-state index contributed by atoms with van der Waals surface area (Å²) < 4.78 is 7.64. The maximum absolute atomic E-state index is 10.3. The molecule has 1 fully saturated rings. The fourth-order valence-electron chi connectivity index (χ4n) is 4.43. The number of phenolic OH excluding ortho intramolecular Hbond substituents is 1. The summed E-state index contributed by atoms with van der Waals surface area (Å²) >= 11 is 3.60. The molecule has 27 heavy (non-hydrogen) atoms. The van der Waals surface area contributed by atoms with E-state index in [4.69, 9.17) is 9.84 Å². The molecule has 5 rings (SSSR count). The van der Waals surface area contributed by atoms with Gasteiger partial charge in [-0.2, -0.15) is 5.10 Å². The lowest BCUT2D eigenvalue weighted by Gasteiger charge is -2.50. The summed E-state index contributed by atoms with van der Waals surface area (Å²) in [6.45, 7) is 1.97. The molecule has 0 radical (unpaired) electrons. The van der Waals surface area contributed by atoms with Crippen LogP contribution in [0.15, 0.2) is 52.0 Å². The van der Waals surface area contributed by atoms with Gasteiger partial charge in [0.15, 0.2) is 0 Å². The van der Waals surface area contributed by atoms with Crippen molar-refractivity contribution in [3.05, 3.63) is 58.1 Å². The van der Waals surface area contributed by atoms with Gasteiger partial charge >= 0.3 is 0 Å². The van der Waals surface area contributed by atoms with Crippen LogP contribution < -0.4 is 4.74 Å². The number of halogens is 1. The van der Waals surface area contributed by atoms with E-state index in [9.17, 15) is 5.11 Å². The van der Waals surface area contributed by atoms with Crippen molar-refractivity contribution in [2.75, 3.05) is 20.1 Å². The molecule has 1 N–H and O–H groups in total. The van der Waals surface area contributed by atoms with Crippen molar-refractivity contribution in [2.45, 2.75) is 31.0 Å². The highest BCUT2D eigenvalue weighted by molar-refractivity contribution is 9.10. The van der Waals surface area contributed by atoms with E-state index >= 15 is 0 Å². The molecule has 3 aliphatic rings. The number of hydrazone groups is 1. The summed E-state index contributed by atoms with van der Waals surface area (Å²) in [6.07, 6.45) is 2.59. The van der Waals surface area contributed by atoms with E-state index in [1.54, 1.807) is 6.07 Å². The number of aromatic hydroxyl groups is 1. The normalized spacial score (nSPS) is 23.6. The SMILES string of the molecule is CN1CCC2(CC1)Oc1ccc(Br)cc1[C@H]1CC(c3ccccc3O)=NN12. The molecule has 2 aromatic rings. The third kappa shape index (κ3) is 2.74. The molecule has 140 valence electrons. The molecule has 0 aliphatic carbocycles. The molecular formula is C21H22BrN3O2. The standard InChI is InChI=1S/C21H22BrN3O2/c1-24-10-8-21(9-11-24)25-18(16-12-14(22)6-7-20(16)27-21)13-17(23-25)15-4-2-3-5-19(15)26/h2-7,12,18,26H,8-11,13H2,1H3/t18-/m1/s1. The van der Waals surface area contributed by atoms with Crippen LogP contribution in [0.3, 0.4) is 0 Å². The zero-order chi connectivity index (χ0) is 18.6. The highest BCUT2D eigenvalue weighted by Gasteiger charge is 2.51. The molecule has 1 saturated heterocycles. The van der Waals surface area contributed by atoms with Crippen LogP contribution in [0.5, 0.6) is 11.5 Å². The molecule has 2 aromatic carbocycles. The Morgan fingerprint density at radius 2 is 1.96 bits per heavy atom. The van der Waals surface area contributed by atoms with Gasteiger partial charge in [0.05, 0.1) is 11.8 Å². The Morgan fingerprint density at radius 3 is 2.74 bits per heavy atom. The van der Waals surface area contributed by atoms with Gasteiger partial charge in [-0.05, 0) is 37.4 Å². The zero-order valence-electron chi connectivity index (χ0n) is 15.2. The molecule has 0 bridgehead atoms. The van der Waals surface area contributed by atoms with E-state index in [-0.39, 0.29) is 11.8 Å². The Balaban J connectivity index is 1.61. The first-order chi connectivity index (χ1) is 13.1. The van der Waals surface area contributed by atoms with Crippen molar-refractivity contribution in [1.82, 2.24) is 9.91 Å². The number of hydrogen-bond donors (Lipinski definition) is 1. The second kappa shape index (κ2) is 6.24. The lowest BCUT2D eigenvalue weighted by molar-refractivity contribution is -0.147. The number of piperidine rings is 1. The van der Waals surface area contributed by atoms with Crippen molar-refractivity contribution in [3.8, 4) is 11.5 Å². The first kappa shape index (κ1) is 17.1. The predicted octanol–water partition coefficient (Wildman–Crippen LogP) is 4.12. The largest absolute Gasteiger partial charge is 0.507 e. The quantitative estimate of drug-likeness (QED) is 0.743. The third-order valence-electron chi connectivity index (χ3n) is 5.94. The van der Waals surface area contributed by atoms with Crippen LogP contribution in [-0.2, 0) is 0 Å². The number of para-hydroxylation sites is 1. The van der Waals surface area contributed by atoms with Crippen LogP contribution in [0.2, 0.25) is 0 Å². The van der Waals surface area contributed by atoms with Gasteiger partial charge in [-0.3, -0.25) is 0 Å². The average molecular weight is 428 g/mol. The first-order valence-electron chi connectivity index (χ1n) is 9.38. The van der Waals surface area contributed by atoms with E-state index in [1.165, 1.54) is 0 Å². The first-order valence-corrected chi connectivity index (χ1v) is 10.2. The molecule has 3 heterocycles. The molecule has 3 aliphatic heterocycles. The summed E-state index contributed by atoms with van der Waals surface area (Å²) in [5, 5.41) is 17.5. The van der Waals surface area contributed by atoms with Gasteiger partial charge in [-0.1, -0.05) is 28.1 Å². The summed E-state index contributed by atoms with van der Waals surface area (Å²) in [5.41, 5.74) is 2.48. The van der Waals surface area contributed by atoms with Gasteiger partial charge in [0, 0.05) is 48.0 Å². The van der Waals surface area contributed by atoms with Crippen LogP contribution in [-0.4, -0.2) is 46.6 Å². The fraction of sp³-hybridized carbons (Fsp3) is 0.381. The van der Waals surface area contributed by atoms with Crippen LogP contribution in [0.4, 0.5) is 0 Å². The van der Waals surface area contributed by atoms with Crippen LogP contribution >= 0.6 is 15.9 Å². The number of ether oxygens (including phenoxy) is 1. The molecule has 0 amide bonds. The van der Waals surface area contributed by atoms with Crippen molar-refractivity contribution < 1.29 is 9.84 Å². The van der Waals surface area contributed by atoms with Crippen molar-refractivity contribution in [3.63, 3.8) is 0 Å². The zero-order valence-corrected chi connectivity index (χ0v) is 16.8. The van der Waals surface area contributed by atoms with Crippen molar-refractivity contribution >= 4 is 21.6 Å². The van der Waals surface area contributed by atoms with E-state index in [2.05, 4.69) is 45.0 Å². The van der Waals surface area contributed by atoms with E-state index < -0.39 is 5.72 Å². The summed E-state index contributed by atoms with van der Waals surface area (Å²) in [5.74, 6) is 1.24. The number of likely N-dealkylation sites (tertiary alicyclic amines) is 1. The minimum atomic E-state index is -0.413. The predicted molar refractivity (Wildman–Crippen MR) is 108 cm³/mol. The van der Waals surface area contributed by atoms with Gasteiger partial charge < -0.3 is 14.7 Å². The number of fused-ring (bicyclic) bond motifs is 4. The topological polar surface area (TPSA) is 48.3 Å². The Morgan fingerprint density at radius 1 is 1.19 bits per heavy atom. The van der Waals surface area contributed by atoms with E-state index in [0.717, 1.165) is 59.4 Å². The lowest BCUT2D eigenvalue weighted by Crippen LogP contribution is -2.58. The molecule has 1 atom stereocenters. The Bertz CT molecular complexity index is 921. The Labute approximate surface area is 167 Å². The van der Waals surface area contributed by atoms with Gasteiger partial charge in [-0.15, -0.1) is 0 Å². The molecule has 5 nitrogen and oxygen atoms in total. The summed E-state index contributed by atoms with van der Waals surface area (Å²) in [4.78, 5) is 2.34. The van der Waals surface area contributed by atoms with Crippen LogP contribution in [0.1, 0.15) is 36.4 Å². The smallest absolute Gasteiger partial charge is 0.200 e. The molecule has 0 unspecified atom stereocenters. The molecule has 6 heteroatoms. The molecule has 0 saturated carbocycles. The second-order valence-corrected chi connectivity index (χ2v) is 8.58.